The molecule has 0 bridgehead atoms. The van der Waals surface area contributed by atoms with Crippen molar-refractivity contribution in [1.29, 1.82) is 0 Å². The Bertz CT molecular complexity index is 1860. The van der Waals surface area contributed by atoms with Crippen molar-refractivity contribution in [2.75, 3.05) is 18.5 Å². The van der Waals surface area contributed by atoms with Crippen molar-refractivity contribution in [2.45, 2.75) is 89.4 Å². The SMILES string of the molecule is CC(=O)OCC1O[C@@H](Oc2ccc(COC(=O)Nc3ccn([C@@H]4O[C@H](CO)C(O)C4(F)F)c(=O)n3)cc2[N+](=O)[O-])C(OC(C)=O)[C@H](OC(C)=O)C1OC(C)=O. The lowest BCUT2D eigenvalue weighted by Gasteiger charge is -2.43. The highest BCUT2D eigenvalue weighted by atomic mass is 19.3. The zero-order valence-electron chi connectivity index (χ0n) is 29.2. The van der Waals surface area contributed by atoms with Crippen molar-refractivity contribution in [3.05, 3.63) is 56.6 Å². The summed E-state index contributed by atoms with van der Waals surface area (Å²) in [4.78, 5) is 87.3. The Morgan fingerprint density at radius 1 is 0.945 bits per heavy atom. The number of hydrogen-bond acceptors (Lipinski definition) is 19. The van der Waals surface area contributed by atoms with Crippen molar-refractivity contribution >= 4 is 41.5 Å². The summed E-state index contributed by atoms with van der Waals surface area (Å²) in [5, 5.41) is 33.0. The van der Waals surface area contributed by atoms with Crippen molar-refractivity contribution in [1.82, 2.24) is 9.55 Å². The molecule has 0 saturated carbocycles. The Balaban J connectivity index is 1.51. The summed E-state index contributed by atoms with van der Waals surface area (Å²) in [5.74, 6) is -8.46. The fourth-order valence-corrected chi connectivity index (χ4v) is 5.37. The van der Waals surface area contributed by atoms with E-state index in [9.17, 15) is 52.8 Å². The number of aromatic nitrogens is 2. The number of nitro groups is 1. The van der Waals surface area contributed by atoms with Gasteiger partial charge in [0.15, 0.2) is 24.1 Å². The number of hydrogen-bond donors (Lipinski definition) is 3. The van der Waals surface area contributed by atoms with Gasteiger partial charge in [-0.1, -0.05) is 6.07 Å². The van der Waals surface area contributed by atoms with Crippen LogP contribution in [-0.2, 0) is 58.9 Å². The second-order valence-corrected chi connectivity index (χ2v) is 11.8. The highest BCUT2D eigenvalue weighted by molar-refractivity contribution is 5.83. The number of ether oxygens (including phenoxy) is 8. The van der Waals surface area contributed by atoms with E-state index >= 15 is 0 Å². The highest BCUT2D eigenvalue weighted by Crippen LogP contribution is 2.42. The molecule has 22 nitrogen and oxygen atoms in total. The molecule has 2 aromatic rings. The molecule has 1 amide bonds. The molecular weight excluding hydrogens is 754 g/mol. The number of halogens is 2. The summed E-state index contributed by atoms with van der Waals surface area (Å²) in [6.45, 7) is 1.90. The van der Waals surface area contributed by atoms with Crippen LogP contribution >= 0.6 is 0 Å². The Kier molecular flexibility index (Phi) is 13.4. The van der Waals surface area contributed by atoms with Gasteiger partial charge in [-0.15, -0.1) is 0 Å². The number of rotatable bonds is 13. The average molecular weight is 789 g/mol. The van der Waals surface area contributed by atoms with Crippen LogP contribution in [0.4, 0.5) is 25.1 Å². The van der Waals surface area contributed by atoms with Gasteiger partial charge in [0, 0.05) is 40.0 Å². The summed E-state index contributed by atoms with van der Waals surface area (Å²) in [6.07, 6.45) is -14.9. The predicted octanol–water partition coefficient (Wildman–Crippen LogP) is 0.248. The van der Waals surface area contributed by atoms with E-state index in [-0.39, 0.29) is 5.56 Å². The van der Waals surface area contributed by atoms with E-state index < -0.39 is 133 Å². The van der Waals surface area contributed by atoms with Crippen LogP contribution < -0.4 is 15.7 Å². The fraction of sp³-hybridized carbons (Fsp3) is 0.516. The molecule has 55 heavy (non-hydrogen) atoms. The molecule has 0 spiro atoms. The first kappa shape index (κ1) is 41.9. The van der Waals surface area contributed by atoms with Crippen LogP contribution in [0, 0.1) is 10.1 Å². The molecule has 3 N–H and O–H groups in total. The largest absolute Gasteiger partial charge is 0.463 e. The van der Waals surface area contributed by atoms with Crippen molar-refractivity contribution < 1.29 is 85.8 Å². The lowest BCUT2D eigenvalue weighted by atomic mass is 9.98. The molecule has 1 aromatic heterocycles. The first-order valence-corrected chi connectivity index (χ1v) is 15.9. The molecule has 300 valence electrons. The number of esters is 4. The number of nitro benzene ring substituents is 1. The van der Waals surface area contributed by atoms with Crippen LogP contribution in [0.2, 0.25) is 0 Å². The number of nitrogens with one attached hydrogen (secondary N) is 1. The lowest BCUT2D eigenvalue weighted by Crippen LogP contribution is -2.63. The maximum absolute atomic E-state index is 14.5. The minimum atomic E-state index is -3.97. The molecule has 2 fully saturated rings. The standard InChI is InChI=1S/C31H34F2N4O18/c1-13(39)48-12-21-23(50-14(2)40)24(51-15(3)41)25(52-16(4)42)27(54-21)53-19-6-5-17(9-18(19)37(46)47)11-49-30(45)35-22-7-8-36(29(44)34-22)28-31(32,33)26(43)20(10-38)55-28/h5-9,20-21,23-28,38,43H,10-12H2,1-4H3,(H,34,35,44,45)/t20-,21?,23?,24-,25?,26?,27-,28-/m1/s1. The van der Waals surface area contributed by atoms with Gasteiger partial charge in [-0.2, -0.15) is 13.8 Å². The van der Waals surface area contributed by atoms with Crippen LogP contribution in [0.5, 0.6) is 5.75 Å². The van der Waals surface area contributed by atoms with Crippen LogP contribution in [0.3, 0.4) is 0 Å². The van der Waals surface area contributed by atoms with Gasteiger partial charge in [0.2, 0.25) is 18.6 Å². The van der Waals surface area contributed by atoms with Gasteiger partial charge in [-0.05, 0) is 17.7 Å². The third-order valence-corrected chi connectivity index (χ3v) is 7.65. The second kappa shape index (κ2) is 17.5. The number of benzene rings is 1. The molecule has 0 aliphatic carbocycles. The monoisotopic (exact) mass is 788 g/mol. The van der Waals surface area contributed by atoms with Crippen molar-refractivity contribution in [3.8, 4) is 5.75 Å². The lowest BCUT2D eigenvalue weighted by molar-refractivity contribution is -0.387. The highest BCUT2D eigenvalue weighted by Gasteiger charge is 2.59. The van der Waals surface area contributed by atoms with Gasteiger partial charge in [0.1, 0.15) is 31.2 Å². The quantitative estimate of drug-likeness (QED) is 0.106. The molecule has 3 heterocycles. The molecule has 1 aromatic carbocycles. The van der Waals surface area contributed by atoms with Gasteiger partial charge < -0.3 is 48.1 Å². The van der Waals surface area contributed by atoms with E-state index in [1.54, 1.807) is 0 Å². The molecule has 2 saturated heterocycles. The van der Waals surface area contributed by atoms with E-state index in [1.165, 1.54) is 6.07 Å². The van der Waals surface area contributed by atoms with Crippen molar-refractivity contribution in [2.24, 2.45) is 0 Å². The fourth-order valence-electron chi connectivity index (χ4n) is 5.37. The summed E-state index contributed by atoms with van der Waals surface area (Å²) < 4.78 is 71.6. The molecule has 24 heteroatoms. The number of anilines is 1. The van der Waals surface area contributed by atoms with E-state index in [0.717, 1.165) is 52.1 Å². The summed E-state index contributed by atoms with van der Waals surface area (Å²) in [6, 6.07) is 4.15. The van der Waals surface area contributed by atoms with Crippen LogP contribution in [0.25, 0.3) is 0 Å². The average Bonchev–Trinajstić information content (AvgIpc) is 3.32. The van der Waals surface area contributed by atoms with Gasteiger partial charge in [0.25, 0.3) is 0 Å². The third kappa shape index (κ3) is 10.2. The molecular formula is C31H34F2N4O18. The maximum atomic E-state index is 14.5. The first-order valence-electron chi connectivity index (χ1n) is 15.9. The zero-order valence-corrected chi connectivity index (χ0v) is 29.2. The normalized spacial score (nSPS) is 25.5. The Morgan fingerprint density at radius 3 is 2.15 bits per heavy atom. The zero-order chi connectivity index (χ0) is 40.8. The number of alkyl halides is 2. The molecule has 4 rings (SSSR count). The smallest absolute Gasteiger partial charge is 0.413 e. The molecule has 2 aliphatic rings. The first-order chi connectivity index (χ1) is 25.8. The predicted molar refractivity (Wildman–Crippen MR) is 170 cm³/mol. The van der Waals surface area contributed by atoms with E-state index in [0.29, 0.717) is 4.57 Å². The van der Waals surface area contributed by atoms with Gasteiger partial charge >= 0.3 is 47.3 Å². The topological polar surface area (TPSA) is 290 Å². The Hall–Kier alpha value is -5.85. The molecule has 4 unspecified atom stereocenters. The van der Waals surface area contributed by atoms with Gasteiger partial charge in [0.05, 0.1) is 11.5 Å². The second-order valence-electron chi connectivity index (χ2n) is 11.8. The number of aliphatic hydroxyl groups excluding tert-OH is 2. The number of carbonyl (C=O) groups is 5. The van der Waals surface area contributed by atoms with Crippen LogP contribution in [0.1, 0.15) is 39.5 Å². The van der Waals surface area contributed by atoms with Crippen molar-refractivity contribution in [3.63, 3.8) is 0 Å². The minimum Gasteiger partial charge on any atom is -0.463 e. The molecule has 2 aliphatic heterocycles. The number of aliphatic hydroxyl groups is 2. The Labute approximate surface area is 307 Å². The van der Waals surface area contributed by atoms with Gasteiger partial charge in [-0.25, -0.2) is 9.59 Å². The number of nitrogens with zero attached hydrogens (tertiary/aromatic N) is 3. The van der Waals surface area contributed by atoms with E-state index in [1.807, 2.05) is 0 Å². The third-order valence-electron chi connectivity index (χ3n) is 7.65. The summed E-state index contributed by atoms with van der Waals surface area (Å²) in [7, 11) is 0. The maximum Gasteiger partial charge on any atom is 0.413 e. The minimum absolute atomic E-state index is 0.0109. The molecule has 0 radical (unpaired) electrons. The Morgan fingerprint density at radius 2 is 1.58 bits per heavy atom. The summed E-state index contributed by atoms with van der Waals surface area (Å²) >= 11 is 0. The summed E-state index contributed by atoms with van der Waals surface area (Å²) in [5.41, 5.74) is -2.05. The molecule has 8 atom stereocenters. The van der Waals surface area contributed by atoms with Gasteiger partial charge in [-0.3, -0.25) is 39.2 Å². The number of carbonyl (C=O) groups excluding carboxylic acids is 5. The van der Waals surface area contributed by atoms with Crippen LogP contribution in [-0.4, -0.2) is 117 Å². The van der Waals surface area contributed by atoms with E-state index in [4.69, 9.17) is 43.0 Å². The number of amides is 1. The van der Waals surface area contributed by atoms with E-state index in [2.05, 4.69) is 10.3 Å². The van der Waals surface area contributed by atoms with Crippen LogP contribution in [0.15, 0.2) is 35.3 Å².